The molecule has 1 aliphatic heterocycles. The molecule has 2 atom stereocenters. The van der Waals surface area contributed by atoms with E-state index in [9.17, 15) is 18.4 Å². The monoisotopic (exact) mass is 496 g/mol. The lowest BCUT2D eigenvalue weighted by Gasteiger charge is -2.39. The Morgan fingerprint density at radius 2 is 1.88 bits per heavy atom. The van der Waals surface area contributed by atoms with Gasteiger partial charge in [0.25, 0.3) is 0 Å². The average molecular weight is 497 g/mol. The highest BCUT2D eigenvalue weighted by Gasteiger charge is 2.38. The van der Waals surface area contributed by atoms with Crippen LogP contribution in [0.1, 0.15) is 38.7 Å². The lowest BCUT2D eigenvalue weighted by molar-refractivity contribution is 0.0177. The molecular weight excluding hydrogens is 470 g/mol. The second-order valence-electron chi connectivity index (χ2n) is 8.90. The van der Waals surface area contributed by atoms with Gasteiger partial charge in [0.2, 0.25) is 0 Å². The van der Waals surface area contributed by atoms with E-state index < -0.39 is 41.3 Å². The van der Waals surface area contributed by atoms with Crippen LogP contribution in [0.4, 0.5) is 24.1 Å². The number of aromatic nitrogens is 1. The summed E-state index contributed by atoms with van der Waals surface area (Å²) in [5.74, 6) is -2.51. The largest absolute Gasteiger partial charge is 0.497 e. The molecule has 3 amide bonds. The zero-order valence-electron chi connectivity index (χ0n) is 19.3. The van der Waals surface area contributed by atoms with Crippen LogP contribution in [-0.2, 0) is 4.74 Å². The van der Waals surface area contributed by atoms with Gasteiger partial charge in [-0.3, -0.25) is 0 Å². The number of halogens is 3. The minimum absolute atomic E-state index is 0.0241. The maximum Gasteiger partial charge on any atom is 0.410 e. The quantitative estimate of drug-likeness (QED) is 0.585. The molecule has 2 heterocycles. The number of urea groups is 1. The Hall–Kier alpha value is -3.14. The second kappa shape index (κ2) is 10.4. The Balaban J connectivity index is 1.85. The fourth-order valence-corrected chi connectivity index (χ4v) is 3.84. The van der Waals surface area contributed by atoms with Crippen molar-refractivity contribution in [3.8, 4) is 5.75 Å². The van der Waals surface area contributed by atoms with Gasteiger partial charge in [-0.2, -0.15) is 0 Å². The van der Waals surface area contributed by atoms with Gasteiger partial charge in [0.15, 0.2) is 0 Å². The van der Waals surface area contributed by atoms with E-state index in [0.29, 0.717) is 5.69 Å². The summed E-state index contributed by atoms with van der Waals surface area (Å²) in [6.07, 6.45) is 1.04. The minimum atomic E-state index is -0.874. The molecule has 8 nitrogen and oxygen atoms in total. The highest BCUT2D eigenvalue weighted by molar-refractivity contribution is 6.29. The van der Waals surface area contributed by atoms with Crippen LogP contribution in [0.25, 0.3) is 0 Å². The fourth-order valence-electron chi connectivity index (χ4n) is 3.73. The van der Waals surface area contributed by atoms with Crippen molar-refractivity contribution in [3.05, 3.63) is 52.8 Å². The van der Waals surface area contributed by atoms with Crippen LogP contribution in [0.3, 0.4) is 0 Å². The van der Waals surface area contributed by atoms with Crippen molar-refractivity contribution in [2.24, 2.45) is 0 Å². The average Bonchev–Trinajstić information content (AvgIpc) is 2.74. The number of likely N-dealkylation sites (tertiary alicyclic amines) is 1. The predicted octanol–water partition coefficient (Wildman–Crippen LogP) is 4.94. The molecule has 0 radical (unpaired) electrons. The fraction of sp³-hybridized carbons (Fsp3) is 0.435. The third-order valence-electron chi connectivity index (χ3n) is 5.23. The van der Waals surface area contributed by atoms with Crippen molar-refractivity contribution < 1.29 is 27.8 Å². The molecular formula is C23H27ClF2N4O4. The molecule has 1 aromatic carbocycles. The number of rotatable bonds is 4. The van der Waals surface area contributed by atoms with Gasteiger partial charge in [-0.15, -0.1) is 0 Å². The number of hydrogen-bond acceptors (Lipinski definition) is 5. The molecule has 34 heavy (non-hydrogen) atoms. The second-order valence-corrected chi connectivity index (χ2v) is 9.29. The van der Waals surface area contributed by atoms with Gasteiger partial charge in [0.1, 0.15) is 28.1 Å². The van der Waals surface area contributed by atoms with Crippen LogP contribution in [0.15, 0.2) is 30.5 Å². The van der Waals surface area contributed by atoms with E-state index in [1.165, 1.54) is 24.3 Å². The lowest BCUT2D eigenvalue weighted by Crippen LogP contribution is -2.53. The summed E-state index contributed by atoms with van der Waals surface area (Å²) >= 11 is 5.76. The highest BCUT2D eigenvalue weighted by Crippen LogP contribution is 2.34. The standard InChI is InChI=1S/C23H27ClF2N4O4/c1-23(2,3)34-22(32)30-8-7-18(29-21(31)28-13-5-6-19(24)27-11-13)15(12-30)20-16(25)9-14(33-4)10-17(20)26/h5-6,9-11,15,18H,7-8,12H2,1-4H3,(H2,28,29,31)/t15?,18-/m1/s1. The number of nitrogens with one attached hydrogen (secondary N) is 2. The molecule has 0 aliphatic carbocycles. The summed E-state index contributed by atoms with van der Waals surface area (Å²) in [6.45, 7) is 5.38. The van der Waals surface area contributed by atoms with Gasteiger partial charge < -0.3 is 25.0 Å². The summed E-state index contributed by atoms with van der Waals surface area (Å²) in [7, 11) is 1.30. The Kier molecular flexibility index (Phi) is 7.81. The predicted molar refractivity (Wildman–Crippen MR) is 123 cm³/mol. The number of benzene rings is 1. The molecule has 3 rings (SSSR count). The molecule has 184 valence electrons. The van der Waals surface area contributed by atoms with Crippen molar-refractivity contribution >= 4 is 29.4 Å². The van der Waals surface area contributed by atoms with Gasteiger partial charge in [0.05, 0.1) is 19.0 Å². The number of ether oxygens (including phenoxy) is 2. The van der Waals surface area contributed by atoms with Crippen molar-refractivity contribution in [2.75, 3.05) is 25.5 Å². The SMILES string of the molecule is COc1cc(F)c(C2CN(C(=O)OC(C)(C)C)CC[C@H]2NC(=O)Nc2ccc(Cl)nc2)c(F)c1. The molecule has 1 aliphatic rings. The maximum atomic E-state index is 15.0. The number of piperidine rings is 1. The first-order valence-electron chi connectivity index (χ1n) is 10.7. The Morgan fingerprint density at radius 3 is 2.44 bits per heavy atom. The smallest absolute Gasteiger partial charge is 0.410 e. The number of carbonyl (C=O) groups is 2. The van der Waals surface area contributed by atoms with Gasteiger partial charge in [-0.1, -0.05) is 11.6 Å². The first kappa shape index (κ1) is 25.5. The summed E-state index contributed by atoms with van der Waals surface area (Å²) in [4.78, 5) is 30.5. The third-order valence-corrected chi connectivity index (χ3v) is 5.45. The van der Waals surface area contributed by atoms with Crippen molar-refractivity contribution in [3.63, 3.8) is 0 Å². The number of hydrogen-bond donors (Lipinski definition) is 2. The maximum absolute atomic E-state index is 15.0. The van der Waals surface area contributed by atoms with Crippen LogP contribution in [0.5, 0.6) is 5.75 Å². The number of carbonyl (C=O) groups excluding carboxylic acids is 2. The van der Waals surface area contributed by atoms with E-state index in [-0.39, 0.29) is 36.0 Å². The first-order valence-corrected chi connectivity index (χ1v) is 11.0. The Bertz CT molecular complexity index is 1020. The number of anilines is 1. The van der Waals surface area contributed by atoms with Gasteiger partial charge in [0, 0.05) is 42.7 Å². The minimum Gasteiger partial charge on any atom is -0.497 e. The molecule has 2 aromatic rings. The molecule has 0 spiro atoms. The van der Waals surface area contributed by atoms with Crippen molar-refractivity contribution in [2.45, 2.75) is 44.8 Å². The molecule has 1 unspecified atom stereocenters. The molecule has 0 bridgehead atoms. The molecule has 1 fully saturated rings. The molecule has 0 saturated carbocycles. The van der Waals surface area contributed by atoms with Crippen LogP contribution in [0.2, 0.25) is 5.15 Å². The van der Waals surface area contributed by atoms with Crippen molar-refractivity contribution in [1.82, 2.24) is 15.2 Å². The summed E-state index contributed by atoms with van der Waals surface area (Å²) in [5.41, 5.74) is -0.580. The number of methoxy groups -OCH3 is 1. The van der Waals surface area contributed by atoms with Crippen LogP contribution < -0.4 is 15.4 Å². The first-order chi connectivity index (χ1) is 16.0. The third kappa shape index (κ3) is 6.47. The summed E-state index contributed by atoms with van der Waals surface area (Å²) in [6, 6.07) is 3.97. The van der Waals surface area contributed by atoms with E-state index in [0.717, 1.165) is 12.1 Å². The normalized spacial score (nSPS) is 18.3. The summed E-state index contributed by atoms with van der Waals surface area (Å²) in [5, 5.41) is 5.65. The summed E-state index contributed by atoms with van der Waals surface area (Å²) < 4.78 is 40.3. The molecule has 2 N–H and O–H groups in total. The number of amides is 3. The van der Waals surface area contributed by atoms with E-state index >= 15 is 0 Å². The highest BCUT2D eigenvalue weighted by atomic mass is 35.5. The van der Waals surface area contributed by atoms with Gasteiger partial charge in [-0.05, 0) is 39.3 Å². The zero-order valence-corrected chi connectivity index (χ0v) is 20.1. The molecule has 11 heteroatoms. The van der Waals surface area contributed by atoms with E-state index in [4.69, 9.17) is 21.1 Å². The zero-order chi connectivity index (χ0) is 25.0. The van der Waals surface area contributed by atoms with Crippen LogP contribution in [-0.4, -0.2) is 53.9 Å². The number of nitrogens with zero attached hydrogens (tertiary/aromatic N) is 2. The lowest BCUT2D eigenvalue weighted by atomic mass is 9.85. The van der Waals surface area contributed by atoms with E-state index in [2.05, 4.69) is 15.6 Å². The topological polar surface area (TPSA) is 92.8 Å². The van der Waals surface area contributed by atoms with Crippen LogP contribution >= 0.6 is 11.6 Å². The molecule has 1 saturated heterocycles. The van der Waals surface area contributed by atoms with E-state index in [1.807, 2.05) is 0 Å². The number of pyridine rings is 1. The Morgan fingerprint density at radius 1 is 1.21 bits per heavy atom. The van der Waals surface area contributed by atoms with Crippen molar-refractivity contribution in [1.29, 1.82) is 0 Å². The van der Waals surface area contributed by atoms with Gasteiger partial charge >= 0.3 is 12.1 Å². The van der Waals surface area contributed by atoms with E-state index in [1.54, 1.807) is 26.8 Å². The Labute approximate surface area is 201 Å². The van der Waals surface area contributed by atoms with Gasteiger partial charge in [-0.25, -0.2) is 23.4 Å². The van der Waals surface area contributed by atoms with Crippen LogP contribution in [0, 0.1) is 11.6 Å². The molecule has 1 aromatic heterocycles.